The summed E-state index contributed by atoms with van der Waals surface area (Å²) in [5.41, 5.74) is 1.61. The van der Waals surface area contributed by atoms with E-state index in [2.05, 4.69) is 5.32 Å². The molecule has 0 radical (unpaired) electrons. The van der Waals surface area contributed by atoms with Crippen molar-refractivity contribution in [2.75, 3.05) is 13.2 Å². The molecule has 1 atom stereocenters. The molecular weight excluding hydrogens is 294 g/mol. The molecule has 1 unspecified atom stereocenters. The summed E-state index contributed by atoms with van der Waals surface area (Å²) in [6, 6.07) is 7.13. The second-order valence-electron chi connectivity index (χ2n) is 5.24. The number of hydrogen-bond acceptors (Lipinski definition) is 4. The molecule has 0 aliphatic carbocycles. The first-order chi connectivity index (χ1) is 11.1. The Morgan fingerprint density at radius 1 is 1.17 bits per heavy atom. The van der Waals surface area contributed by atoms with E-state index in [1.807, 2.05) is 26.8 Å². The highest BCUT2D eigenvalue weighted by Gasteiger charge is 2.14. The van der Waals surface area contributed by atoms with Gasteiger partial charge in [-0.25, -0.2) is 0 Å². The third-order valence-electron chi connectivity index (χ3n) is 3.31. The average molecular weight is 317 g/mol. The highest BCUT2D eigenvalue weighted by atomic mass is 16.5. The summed E-state index contributed by atoms with van der Waals surface area (Å²) in [6.07, 6.45) is 4.04. The molecule has 5 heteroatoms. The molecule has 0 saturated heterocycles. The first kappa shape index (κ1) is 16.9. The fourth-order valence-corrected chi connectivity index (χ4v) is 2.31. The maximum absolute atomic E-state index is 12.4. The van der Waals surface area contributed by atoms with E-state index in [1.165, 1.54) is 0 Å². The smallest absolute Gasteiger partial charge is 0.251 e. The van der Waals surface area contributed by atoms with Crippen LogP contribution in [0, 0.1) is 0 Å². The molecule has 1 aromatic carbocycles. The Balaban J connectivity index is 2.04. The molecule has 1 amide bonds. The predicted molar refractivity (Wildman–Crippen MR) is 88.1 cm³/mol. The Kier molecular flexibility index (Phi) is 6.09. The average Bonchev–Trinajstić information content (AvgIpc) is 3.02. The molecule has 0 spiro atoms. The molecule has 1 aromatic heterocycles. The largest absolute Gasteiger partial charge is 0.490 e. The fraction of sp³-hybridized carbons (Fsp3) is 0.389. The van der Waals surface area contributed by atoms with Gasteiger partial charge in [-0.05, 0) is 57.0 Å². The van der Waals surface area contributed by atoms with Gasteiger partial charge >= 0.3 is 0 Å². The molecule has 5 nitrogen and oxygen atoms in total. The van der Waals surface area contributed by atoms with Crippen LogP contribution in [0.3, 0.4) is 0 Å². The SMILES string of the molecule is CCOc1ccc(C(=O)NC(C)Cc2ccoc2)cc1OCC. The minimum atomic E-state index is -0.134. The van der Waals surface area contributed by atoms with Crippen molar-refractivity contribution in [3.63, 3.8) is 0 Å². The van der Waals surface area contributed by atoms with Crippen LogP contribution in [-0.4, -0.2) is 25.2 Å². The summed E-state index contributed by atoms with van der Waals surface area (Å²) in [4.78, 5) is 12.4. The summed E-state index contributed by atoms with van der Waals surface area (Å²) in [7, 11) is 0. The predicted octanol–water partition coefficient (Wildman–Crippen LogP) is 3.44. The third kappa shape index (κ3) is 4.77. The maximum Gasteiger partial charge on any atom is 0.251 e. The third-order valence-corrected chi connectivity index (χ3v) is 3.31. The van der Waals surface area contributed by atoms with Crippen molar-refractivity contribution in [1.82, 2.24) is 5.32 Å². The van der Waals surface area contributed by atoms with Gasteiger partial charge in [-0.15, -0.1) is 0 Å². The molecule has 0 aliphatic heterocycles. The summed E-state index contributed by atoms with van der Waals surface area (Å²) >= 11 is 0. The van der Waals surface area contributed by atoms with E-state index in [0.717, 1.165) is 12.0 Å². The van der Waals surface area contributed by atoms with Crippen molar-refractivity contribution in [2.24, 2.45) is 0 Å². The van der Waals surface area contributed by atoms with E-state index in [1.54, 1.807) is 30.7 Å². The Hall–Kier alpha value is -2.43. The number of furan rings is 1. The second-order valence-corrected chi connectivity index (χ2v) is 5.24. The number of carbonyl (C=O) groups excluding carboxylic acids is 1. The van der Waals surface area contributed by atoms with Gasteiger partial charge in [0.2, 0.25) is 0 Å². The highest BCUT2D eigenvalue weighted by Crippen LogP contribution is 2.28. The number of hydrogen-bond donors (Lipinski definition) is 1. The molecular formula is C18H23NO4. The first-order valence-corrected chi connectivity index (χ1v) is 7.85. The molecule has 2 rings (SSSR count). The lowest BCUT2D eigenvalue weighted by Gasteiger charge is -2.15. The number of nitrogens with one attached hydrogen (secondary N) is 1. The van der Waals surface area contributed by atoms with Gasteiger partial charge in [0, 0.05) is 11.6 Å². The van der Waals surface area contributed by atoms with E-state index >= 15 is 0 Å². The minimum Gasteiger partial charge on any atom is -0.490 e. The van der Waals surface area contributed by atoms with Gasteiger partial charge in [0.1, 0.15) is 0 Å². The number of amides is 1. The lowest BCUT2D eigenvalue weighted by molar-refractivity contribution is 0.0939. The Bertz CT molecular complexity index is 622. The van der Waals surface area contributed by atoms with Crippen LogP contribution < -0.4 is 14.8 Å². The second kappa shape index (κ2) is 8.27. The molecule has 1 N–H and O–H groups in total. The molecule has 2 aromatic rings. The summed E-state index contributed by atoms with van der Waals surface area (Å²) in [5.74, 6) is 1.10. The Morgan fingerprint density at radius 2 is 1.91 bits per heavy atom. The zero-order chi connectivity index (χ0) is 16.7. The monoisotopic (exact) mass is 317 g/mol. The van der Waals surface area contributed by atoms with Crippen LogP contribution in [0.25, 0.3) is 0 Å². The van der Waals surface area contributed by atoms with Crippen molar-refractivity contribution >= 4 is 5.91 Å². The summed E-state index contributed by atoms with van der Waals surface area (Å²) in [5, 5.41) is 2.98. The molecule has 0 fully saturated rings. The van der Waals surface area contributed by atoms with Gasteiger partial charge in [0.05, 0.1) is 25.7 Å². The quantitative estimate of drug-likeness (QED) is 0.810. The Morgan fingerprint density at radius 3 is 2.57 bits per heavy atom. The van der Waals surface area contributed by atoms with E-state index in [4.69, 9.17) is 13.9 Å². The molecule has 0 aliphatic rings. The number of ether oxygens (including phenoxy) is 2. The summed E-state index contributed by atoms with van der Waals surface area (Å²) in [6.45, 7) is 6.83. The van der Waals surface area contributed by atoms with Crippen LogP contribution in [0.1, 0.15) is 36.7 Å². The lowest BCUT2D eigenvalue weighted by atomic mass is 10.1. The van der Waals surface area contributed by atoms with Crippen molar-refractivity contribution < 1.29 is 18.7 Å². The first-order valence-electron chi connectivity index (χ1n) is 7.85. The normalized spacial score (nSPS) is 11.8. The molecule has 124 valence electrons. The molecule has 0 bridgehead atoms. The van der Waals surface area contributed by atoms with Crippen molar-refractivity contribution in [3.05, 3.63) is 47.9 Å². The molecule has 1 heterocycles. The van der Waals surface area contributed by atoms with Gasteiger partial charge in [-0.2, -0.15) is 0 Å². The fourth-order valence-electron chi connectivity index (χ4n) is 2.31. The summed E-state index contributed by atoms with van der Waals surface area (Å²) < 4.78 is 16.1. The number of rotatable bonds is 8. The number of benzene rings is 1. The van der Waals surface area contributed by atoms with Gasteiger partial charge in [-0.3, -0.25) is 4.79 Å². The van der Waals surface area contributed by atoms with E-state index in [0.29, 0.717) is 30.3 Å². The maximum atomic E-state index is 12.4. The van der Waals surface area contributed by atoms with Crippen molar-refractivity contribution in [1.29, 1.82) is 0 Å². The lowest BCUT2D eigenvalue weighted by Crippen LogP contribution is -2.34. The Labute approximate surface area is 136 Å². The zero-order valence-electron chi connectivity index (χ0n) is 13.8. The van der Waals surface area contributed by atoms with Crippen molar-refractivity contribution in [2.45, 2.75) is 33.2 Å². The zero-order valence-corrected chi connectivity index (χ0v) is 13.8. The minimum absolute atomic E-state index is 0.00205. The molecule has 0 saturated carbocycles. The van der Waals surface area contributed by atoms with E-state index < -0.39 is 0 Å². The van der Waals surface area contributed by atoms with E-state index in [-0.39, 0.29) is 11.9 Å². The van der Waals surface area contributed by atoms with Crippen LogP contribution in [0.15, 0.2) is 41.2 Å². The van der Waals surface area contributed by atoms with Crippen LogP contribution in [0.2, 0.25) is 0 Å². The van der Waals surface area contributed by atoms with Crippen molar-refractivity contribution in [3.8, 4) is 11.5 Å². The highest BCUT2D eigenvalue weighted by molar-refractivity contribution is 5.95. The van der Waals surface area contributed by atoms with Gasteiger partial charge < -0.3 is 19.2 Å². The topological polar surface area (TPSA) is 60.7 Å². The van der Waals surface area contributed by atoms with Crippen LogP contribution in [0.4, 0.5) is 0 Å². The van der Waals surface area contributed by atoms with Gasteiger partial charge in [0.15, 0.2) is 11.5 Å². The van der Waals surface area contributed by atoms with Gasteiger partial charge in [0.25, 0.3) is 5.91 Å². The standard InChI is InChI=1S/C18H23NO4/c1-4-22-16-7-6-15(11-17(16)23-5-2)18(20)19-13(3)10-14-8-9-21-12-14/h6-9,11-13H,4-5,10H2,1-3H3,(H,19,20). The van der Waals surface area contributed by atoms with Crippen LogP contribution in [0.5, 0.6) is 11.5 Å². The van der Waals surface area contributed by atoms with Gasteiger partial charge in [-0.1, -0.05) is 0 Å². The number of carbonyl (C=O) groups is 1. The van der Waals surface area contributed by atoms with E-state index in [9.17, 15) is 4.79 Å². The van der Waals surface area contributed by atoms with Crippen LogP contribution >= 0.6 is 0 Å². The van der Waals surface area contributed by atoms with Crippen LogP contribution in [-0.2, 0) is 6.42 Å². The molecule has 23 heavy (non-hydrogen) atoms.